The van der Waals surface area contributed by atoms with Crippen LogP contribution in [-0.2, 0) is 10.0 Å². The van der Waals surface area contributed by atoms with Crippen LogP contribution in [0.25, 0.3) is 0 Å². The fourth-order valence-electron chi connectivity index (χ4n) is 3.99. The highest BCUT2D eigenvalue weighted by Gasteiger charge is 2.32. The molecule has 0 radical (unpaired) electrons. The molecule has 0 unspecified atom stereocenters. The van der Waals surface area contributed by atoms with E-state index in [1.54, 1.807) is 40.7 Å². The minimum Gasteiger partial charge on any atom is -0.495 e. The number of ether oxygens (including phenoxy) is 1. The molecular weight excluding hydrogens is 414 g/mol. The average Bonchev–Trinajstić information content (AvgIpc) is 2.80. The van der Waals surface area contributed by atoms with Gasteiger partial charge in [-0.2, -0.15) is 4.31 Å². The molecule has 3 rings (SSSR count). The Balaban J connectivity index is 1.86. The molecule has 0 atom stereocenters. The van der Waals surface area contributed by atoms with Crippen molar-refractivity contribution in [3.05, 3.63) is 54.1 Å². The van der Waals surface area contributed by atoms with Crippen LogP contribution in [0, 0.1) is 0 Å². The second-order valence-electron chi connectivity index (χ2n) is 7.73. The van der Waals surface area contributed by atoms with Crippen LogP contribution in [0.4, 0.5) is 5.69 Å². The fraction of sp³-hybridized carbons (Fsp3) is 0.435. The van der Waals surface area contributed by atoms with Gasteiger partial charge < -0.3 is 15.8 Å². The van der Waals surface area contributed by atoms with Gasteiger partial charge in [0.1, 0.15) is 5.75 Å². The second-order valence-corrected chi connectivity index (χ2v) is 9.62. The Morgan fingerprint density at radius 2 is 1.87 bits per heavy atom. The third kappa shape index (κ3) is 5.64. The van der Waals surface area contributed by atoms with Gasteiger partial charge in [0.2, 0.25) is 10.0 Å². The van der Waals surface area contributed by atoms with E-state index in [2.05, 4.69) is 5.32 Å². The van der Waals surface area contributed by atoms with Crippen LogP contribution in [0.15, 0.2) is 53.4 Å². The number of nitrogens with one attached hydrogen (secondary N) is 1. The highest BCUT2D eigenvalue weighted by molar-refractivity contribution is 7.89. The van der Waals surface area contributed by atoms with Gasteiger partial charge in [-0.25, -0.2) is 8.42 Å². The van der Waals surface area contributed by atoms with Crippen LogP contribution < -0.4 is 15.8 Å². The number of rotatable bonds is 9. The van der Waals surface area contributed by atoms with E-state index >= 15 is 0 Å². The highest BCUT2D eigenvalue weighted by atomic mass is 32.2. The molecule has 1 saturated carbocycles. The molecule has 168 valence electrons. The van der Waals surface area contributed by atoms with E-state index in [0.717, 1.165) is 32.1 Å². The fourth-order valence-corrected chi connectivity index (χ4v) is 5.76. The molecular formula is C23H31N3O4S. The van der Waals surface area contributed by atoms with Crippen molar-refractivity contribution in [2.75, 3.05) is 25.5 Å². The number of nitrogens with zero attached hydrogens (tertiary/aromatic N) is 1. The van der Waals surface area contributed by atoms with Crippen molar-refractivity contribution in [3.8, 4) is 5.75 Å². The molecule has 8 heteroatoms. The van der Waals surface area contributed by atoms with Gasteiger partial charge in [0.15, 0.2) is 0 Å². The Morgan fingerprint density at radius 1 is 1.13 bits per heavy atom. The lowest BCUT2D eigenvalue weighted by Gasteiger charge is -2.33. The summed E-state index contributed by atoms with van der Waals surface area (Å²) in [5.74, 6) is 0.137. The van der Waals surface area contributed by atoms with Crippen molar-refractivity contribution in [2.24, 2.45) is 5.73 Å². The standard InChI is InChI=1S/C23H31N3O4S/c1-30-22-14-6-5-13-21(22)25-23(27)18-9-7-12-20(17-18)31(28,29)26(16-8-15-24)19-10-3-2-4-11-19/h5-7,9,12-14,17,19H,2-4,8,10-11,15-16,24H2,1H3,(H,25,27). The predicted molar refractivity (Wildman–Crippen MR) is 122 cm³/mol. The summed E-state index contributed by atoms with van der Waals surface area (Å²) in [6.45, 7) is 0.821. The molecule has 0 aliphatic heterocycles. The first-order valence-corrected chi connectivity index (χ1v) is 12.2. The number of anilines is 1. The summed E-state index contributed by atoms with van der Waals surface area (Å²) in [5, 5.41) is 2.79. The number of para-hydroxylation sites is 2. The van der Waals surface area contributed by atoms with Gasteiger partial charge in [-0.05, 0) is 56.1 Å². The van der Waals surface area contributed by atoms with Gasteiger partial charge in [-0.1, -0.05) is 37.5 Å². The van der Waals surface area contributed by atoms with E-state index in [-0.39, 0.29) is 16.5 Å². The van der Waals surface area contributed by atoms with Crippen LogP contribution >= 0.6 is 0 Å². The van der Waals surface area contributed by atoms with E-state index in [1.165, 1.54) is 13.2 Å². The molecule has 0 aromatic heterocycles. The van der Waals surface area contributed by atoms with Crippen LogP contribution in [0.5, 0.6) is 5.75 Å². The number of carbonyl (C=O) groups excluding carboxylic acids is 1. The van der Waals surface area contributed by atoms with Crippen molar-refractivity contribution >= 4 is 21.6 Å². The first kappa shape index (κ1) is 23.2. The first-order chi connectivity index (χ1) is 15.0. The summed E-state index contributed by atoms with van der Waals surface area (Å²) >= 11 is 0. The van der Waals surface area contributed by atoms with Crippen LogP contribution in [0.2, 0.25) is 0 Å². The van der Waals surface area contributed by atoms with E-state index in [0.29, 0.717) is 30.9 Å². The molecule has 3 N–H and O–H groups in total. The summed E-state index contributed by atoms with van der Waals surface area (Å²) in [7, 11) is -2.21. The summed E-state index contributed by atoms with van der Waals surface area (Å²) in [5.41, 5.74) is 6.46. The zero-order chi connectivity index (χ0) is 22.3. The van der Waals surface area contributed by atoms with E-state index in [9.17, 15) is 13.2 Å². The Hall–Kier alpha value is -2.42. The minimum atomic E-state index is -3.74. The number of hydrogen-bond donors (Lipinski definition) is 2. The van der Waals surface area contributed by atoms with Crippen LogP contribution in [0.3, 0.4) is 0 Å². The summed E-state index contributed by atoms with van der Waals surface area (Å²) in [4.78, 5) is 12.9. The number of hydrogen-bond acceptors (Lipinski definition) is 5. The third-order valence-corrected chi connectivity index (χ3v) is 7.57. The molecule has 1 amide bonds. The molecule has 7 nitrogen and oxygen atoms in total. The highest BCUT2D eigenvalue weighted by Crippen LogP contribution is 2.29. The molecule has 31 heavy (non-hydrogen) atoms. The SMILES string of the molecule is COc1ccccc1NC(=O)c1cccc(S(=O)(=O)N(CCCN)C2CCCCC2)c1. The smallest absolute Gasteiger partial charge is 0.255 e. The number of nitrogens with two attached hydrogens (primary N) is 1. The molecule has 1 aliphatic rings. The molecule has 2 aromatic carbocycles. The van der Waals surface area contributed by atoms with Crippen molar-refractivity contribution in [1.29, 1.82) is 0 Å². The lowest BCUT2D eigenvalue weighted by molar-refractivity contribution is 0.102. The maximum absolute atomic E-state index is 13.5. The molecule has 0 spiro atoms. The second kappa shape index (κ2) is 10.7. The number of benzene rings is 2. The van der Waals surface area contributed by atoms with Gasteiger partial charge in [-0.15, -0.1) is 0 Å². The zero-order valence-corrected chi connectivity index (χ0v) is 18.7. The van der Waals surface area contributed by atoms with E-state index in [4.69, 9.17) is 10.5 Å². The number of carbonyl (C=O) groups is 1. The largest absolute Gasteiger partial charge is 0.495 e. The summed E-state index contributed by atoms with van der Waals surface area (Å²) < 4.78 is 33.9. The third-order valence-electron chi connectivity index (χ3n) is 5.62. The number of amides is 1. The van der Waals surface area contributed by atoms with Crippen molar-refractivity contribution in [3.63, 3.8) is 0 Å². The Bertz CT molecular complexity index is 988. The Morgan fingerprint density at radius 3 is 2.58 bits per heavy atom. The lowest BCUT2D eigenvalue weighted by Crippen LogP contribution is -2.42. The Labute approximate surface area is 184 Å². The van der Waals surface area contributed by atoms with Gasteiger partial charge in [0.05, 0.1) is 17.7 Å². The molecule has 0 bridgehead atoms. The number of methoxy groups -OCH3 is 1. The quantitative estimate of drug-likeness (QED) is 0.614. The van der Waals surface area contributed by atoms with E-state index in [1.807, 2.05) is 6.07 Å². The first-order valence-electron chi connectivity index (χ1n) is 10.7. The maximum atomic E-state index is 13.5. The maximum Gasteiger partial charge on any atom is 0.255 e. The van der Waals surface area contributed by atoms with Crippen LogP contribution in [0.1, 0.15) is 48.9 Å². The molecule has 2 aromatic rings. The zero-order valence-electron chi connectivity index (χ0n) is 17.9. The van der Waals surface area contributed by atoms with Gasteiger partial charge in [0, 0.05) is 18.2 Å². The van der Waals surface area contributed by atoms with Crippen molar-refractivity contribution in [1.82, 2.24) is 4.31 Å². The van der Waals surface area contributed by atoms with Crippen molar-refractivity contribution in [2.45, 2.75) is 49.5 Å². The van der Waals surface area contributed by atoms with Crippen LogP contribution in [-0.4, -0.2) is 44.9 Å². The average molecular weight is 446 g/mol. The van der Waals surface area contributed by atoms with E-state index < -0.39 is 15.9 Å². The normalized spacial score (nSPS) is 15.1. The molecule has 1 fully saturated rings. The van der Waals surface area contributed by atoms with Crippen molar-refractivity contribution < 1.29 is 17.9 Å². The topological polar surface area (TPSA) is 102 Å². The summed E-state index contributed by atoms with van der Waals surface area (Å²) in [6.07, 6.45) is 5.51. The summed E-state index contributed by atoms with van der Waals surface area (Å²) in [6, 6.07) is 13.3. The molecule has 1 aliphatic carbocycles. The minimum absolute atomic E-state index is 0.0173. The lowest BCUT2D eigenvalue weighted by atomic mass is 9.95. The molecule has 0 heterocycles. The number of sulfonamides is 1. The van der Waals surface area contributed by atoms with Gasteiger partial charge in [-0.3, -0.25) is 4.79 Å². The Kier molecular flexibility index (Phi) is 8.06. The predicted octanol–water partition coefficient (Wildman–Crippen LogP) is 3.62. The van der Waals surface area contributed by atoms with Gasteiger partial charge in [0.25, 0.3) is 5.91 Å². The molecule has 0 saturated heterocycles. The van der Waals surface area contributed by atoms with Gasteiger partial charge >= 0.3 is 0 Å². The monoisotopic (exact) mass is 445 g/mol.